The van der Waals surface area contributed by atoms with E-state index in [1.54, 1.807) is 0 Å². The Hall–Kier alpha value is -0.610. The molecule has 0 heterocycles. The molecule has 4 heteroatoms. The number of likely N-dealkylation sites (N-methyl/N-ethyl adjacent to an activating group) is 2. The minimum atomic E-state index is -0.492. The van der Waals surface area contributed by atoms with Crippen molar-refractivity contribution < 1.29 is 9.53 Å². The van der Waals surface area contributed by atoms with Crippen LogP contribution in [0, 0.1) is 5.92 Å². The summed E-state index contributed by atoms with van der Waals surface area (Å²) in [5.74, 6) is 0.349. The van der Waals surface area contributed by atoms with Crippen LogP contribution in [-0.2, 0) is 9.53 Å². The highest BCUT2D eigenvalue weighted by Gasteiger charge is 2.51. The number of nitrogens with one attached hydrogen (secondary N) is 1. The minimum absolute atomic E-state index is 0.0898. The van der Waals surface area contributed by atoms with E-state index in [0.717, 1.165) is 19.4 Å². The molecule has 1 fully saturated rings. The zero-order valence-electron chi connectivity index (χ0n) is 10.9. The number of hydrogen-bond donors (Lipinski definition) is 1. The van der Waals surface area contributed by atoms with Crippen molar-refractivity contribution in [2.75, 3.05) is 33.8 Å². The van der Waals surface area contributed by atoms with Crippen LogP contribution in [0.25, 0.3) is 0 Å². The Bertz CT molecular complexity index is 239. The summed E-state index contributed by atoms with van der Waals surface area (Å²) in [6.45, 7) is 5.85. The van der Waals surface area contributed by atoms with Crippen LogP contribution in [0.1, 0.15) is 26.7 Å². The summed E-state index contributed by atoms with van der Waals surface area (Å²) in [6, 6.07) is 0. The second kappa shape index (κ2) is 5.64. The van der Waals surface area contributed by atoms with E-state index in [9.17, 15) is 4.79 Å². The average Bonchev–Trinajstić information content (AvgIpc) is 2.99. The zero-order valence-corrected chi connectivity index (χ0v) is 10.9. The van der Waals surface area contributed by atoms with Gasteiger partial charge in [0.15, 0.2) is 0 Å². The van der Waals surface area contributed by atoms with Gasteiger partial charge in [-0.2, -0.15) is 0 Å². The molecule has 1 aliphatic rings. The van der Waals surface area contributed by atoms with Gasteiger partial charge in [0, 0.05) is 6.54 Å². The van der Waals surface area contributed by atoms with Gasteiger partial charge >= 0.3 is 5.97 Å². The molecule has 1 N–H and O–H groups in total. The minimum Gasteiger partial charge on any atom is -0.465 e. The van der Waals surface area contributed by atoms with Gasteiger partial charge in [-0.3, -0.25) is 0 Å². The first-order valence-electron chi connectivity index (χ1n) is 6.13. The predicted molar refractivity (Wildman–Crippen MR) is 64.3 cm³/mol. The molecule has 1 atom stereocenters. The van der Waals surface area contributed by atoms with Gasteiger partial charge in [0.1, 0.15) is 5.54 Å². The molecule has 0 radical (unpaired) electrons. The first kappa shape index (κ1) is 13.5. The van der Waals surface area contributed by atoms with E-state index in [2.05, 4.69) is 10.2 Å². The summed E-state index contributed by atoms with van der Waals surface area (Å²) in [5.41, 5.74) is -0.492. The number of carbonyl (C=O) groups is 1. The molecule has 0 aromatic carbocycles. The third kappa shape index (κ3) is 2.95. The standard InChI is InChI=1S/C12H24N2O2/c1-5-13-12(9-14(3)4,10-7-8-10)11(15)16-6-2/h10,13H,5-9H2,1-4H3. The van der Waals surface area contributed by atoms with Crippen molar-refractivity contribution in [1.29, 1.82) is 0 Å². The number of ether oxygens (including phenoxy) is 1. The fourth-order valence-corrected chi connectivity index (χ4v) is 2.28. The molecule has 4 nitrogen and oxygen atoms in total. The van der Waals surface area contributed by atoms with Crippen molar-refractivity contribution in [3.05, 3.63) is 0 Å². The highest BCUT2D eigenvalue weighted by atomic mass is 16.5. The molecule has 0 spiro atoms. The van der Waals surface area contributed by atoms with E-state index in [1.807, 2.05) is 27.9 Å². The molecule has 0 saturated heterocycles. The molecule has 1 unspecified atom stereocenters. The van der Waals surface area contributed by atoms with Crippen LogP contribution < -0.4 is 5.32 Å². The van der Waals surface area contributed by atoms with Crippen molar-refractivity contribution in [1.82, 2.24) is 10.2 Å². The lowest BCUT2D eigenvalue weighted by Gasteiger charge is -2.34. The molecular formula is C12H24N2O2. The molecule has 0 aromatic heterocycles. The number of carbonyl (C=O) groups excluding carboxylic acids is 1. The number of esters is 1. The van der Waals surface area contributed by atoms with Crippen molar-refractivity contribution >= 4 is 5.97 Å². The first-order chi connectivity index (χ1) is 7.56. The first-order valence-corrected chi connectivity index (χ1v) is 6.13. The predicted octanol–water partition coefficient (Wildman–Crippen LogP) is 0.869. The summed E-state index contributed by atoms with van der Waals surface area (Å²) in [5, 5.41) is 3.36. The lowest BCUT2D eigenvalue weighted by Crippen LogP contribution is -2.60. The Morgan fingerprint density at radius 1 is 1.44 bits per heavy atom. The van der Waals surface area contributed by atoms with Crippen molar-refractivity contribution in [3.63, 3.8) is 0 Å². The molecule has 1 saturated carbocycles. The fourth-order valence-electron chi connectivity index (χ4n) is 2.28. The van der Waals surface area contributed by atoms with Crippen molar-refractivity contribution in [2.45, 2.75) is 32.2 Å². The van der Waals surface area contributed by atoms with Gasteiger partial charge in [0.2, 0.25) is 0 Å². The molecule has 0 bridgehead atoms. The normalized spacial score (nSPS) is 19.6. The van der Waals surface area contributed by atoms with Crippen LogP contribution in [-0.4, -0.2) is 50.2 Å². The maximum Gasteiger partial charge on any atom is 0.327 e. The second-order valence-electron chi connectivity index (χ2n) is 4.73. The van der Waals surface area contributed by atoms with Gasteiger partial charge in [0.25, 0.3) is 0 Å². The van der Waals surface area contributed by atoms with Gasteiger partial charge in [0.05, 0.1) is 6.61 Å². The van der Waals surface area contributed by atoms with E-state index in [0.29, 0.717) is 19.1 Å². The molecule has 16 heavy (non-hydrogen) atoms. The van der Waals surface area contributed by atoms with Crippen LogP contribution in [0.2, 0.25) is 0 Å². The number of nitrogens with zero attached hydrogens (tertiary/aromatic N) is 1. The van der Waals surface area contributed by atoms with E-state index in [1.165, 1.54) is 0 Å². The molecular weight excluding hydrogens is 204 g/mol. The van der Waals surface area contributed by atoms with E-state index in [-0.39, 0.29) is 5.97 Å². The quantitative estimate of drug-likeness (QED) is 0.657. The number of hydrogen-bond acceptors (Lipinski definition) is 4. The average molecular weight is 228 g/mol. The van der Waals surface area contributed by atoms with Crippen molar-refractivity contribution in [2.24, 2.45) is 5.92 Å². The summed E-state index contributed by atoms with van der Waals surface area (Å²) < 4.78 is 5.23. The SMILES string of the molecule is CCNC(CN(C)C)(C(=O)OCC)C1CC1. The smallest absolute Gasteiger partial charge is 0.327 e. The second-order valence-corrected chi connectivity index (χ2v) is 4.73. The molecule has 0 aromatic rings. The van der Waals surface area contributed by atoms with Gasteiger partial charge in [-0.25, -0.2) is 4.79 Å². The fraction of sp³-hybridized carbons (Fsp3) is 0.917. The van der Waals surface area contributed by atoms with Crippen LogP contribution >= 0.6 is 0 Å². The lowest BCUT2D eigenvalue weighted by atomic mass is 9.92. The maximum absolute atomic E-state index is 12.2. The topological polar surface area (TPSA) is 41.6 Å². The van der Waals surface area contributed by atoms with Crippen LogP contribution in [0.3, 0.4) is 0 Å². The van der Waals surface area contributed by atoms with Crippen LogP contribution in [0.4, 0.5) is 0 Å². The van der Waals surface area contributed by atoms with Crippen molar-refractivity contribution in [3.8, 4) is 0 Å². The van der Waals surface area contributed by atoms with Gasteiger partial charge in [-0.1, -0.05) is 6.92 Å². The summed E-state index contributed by atoms with van der Waals surface area (Å²) >= 11 is 0. The highest BCUT2D eigenvalue weighted by molar-refractivity contribution is 5.82. The Morgan fingerprint density at radius 2 is 2.06 bits per heavy atom. The van der Waals surface area contributed by atoms with Gasteiger partial charge in [-0.15, -0.1) is 0 Å². The van der Waals surface area contributed by atoms with Gasteiger partial charge < -0.3 is 15.0 Å². The monoisotopic (exact) mass is 228 g/mol. The molecule has 94 valence electrons. The molecule has 1 aliphatic carbocycles. The Labute approximate surface area is 98.3 Å². The summed E-state index contributed by atoms with van der Waals surface area (Å²) in [4.78, 5) is 14.2. The van der Waals surface area contributed by atoms with Gasteiger partial charge in [-0.05, 0) is 46.3 Å². The van der Waals surface area contributed by atoms with E-state index < -0.39 is 5.54 Å². The van der Waals surface area contributed by atoms with E-state index >= 15 is 0 Å². The Balaban J connectivity index is 2.81. The maximum atomic E-state index is 12.2. The third-order valence-corrected chi connectivity index (χ3v) is 2.97. The molecule has 1 rings (SSSR count). The largest absolute Gasteiger partial charge is 0.465 e. The van der Waals surface area contributed by atoms with E-state index in [4.69, 9.17) is 4.74 Å². The summed E-state index contributed by atoms with van der Waals surface area (Å²) in [6.07, 6.45) is 2.25. The molecule has 0 amide bonds. The Kier molecular flexibility index (Phi) is 4.74. The highest BCUT2D eigenvalue weighted by Crippen LogP contribution is 2.40. The van der Waals surface area contributed by atoms with Crippen LogP contribution in [0.15, 0.2) is 0 Å². The Morgan fingerprint density at radius 3 is 2.44 bits per heavy atom. The lowest BCUT2D eigenvalue weighted by molar-refractivity contribution is -0.153. The summed E-state index contributed by atoms with van der Waals surface area (Å²) in [7, 11) is 3.99. The molecule has 0 aliphatic heterocycles. The number of rotatable bonds is 7. The van der Waals surface area contributed by atoms with Crippen LogP contribution in [0.5, 0.6) is 0 Å². The third-order valence-electron chi connectivity index (χ3n) is 2.97. The zero-order chi connectivity index (χ0) is 12.2.